The quantitative estimate of drug-likeness (QED) is 0.425. The van der Waals surface area contributed by atoms with Gasteiger partial charge in [0.2, 0.25) is 0 Å². The van der Waals surface area contributed by atoms with E-state index in [0.717, 1.165) is 0 Å². The van der Waals surface area contributed by atoms with Crippen molar-refractivity contribution in [1.29, 1.82) is 0 Å². The van der Waals surface area contributed by atoms with E-state index in [2.05, 4.69) is 15.0 Å². The molecule has 3 rings (SSSR count). The number of nitrogens with zero attached hydrogens (tertiary/aromatic N) is 5. The second-order valence-electron chi connectivity index (χ2n) is 3.89. The van der Waals surface area contributed by atoms with Gasteiger partial charge >= 0.3 is 6.01 Å². The molecule has 3 heterocycles. The fraction of sp³-hybridized carbons (Fsp3) is 0.556. The number of rotatable bonds is 2. The van der Waals surface area contributed by atoms with Crippen molar-refractivity contribution in [2.75, 3.05) is 6.54 Å². The SMILES string of the molecule is [N-]=[N+]=NC[C@H]1O[C@@H]2C[C@H]1Oc1nc(=O)ccn12. The molecule has 0 aliphatic carbocycles. The van der Waals surface area contributed by atoms with Crippen LogP contribution >= 0.6 is 0 Å². The van der Waals surface area contributed by atoms with E-state index < -0.39 is 0 Å². The number of hydrogen-bond acceptors (Lipinski definition) is 5. The van der Waals surface area contributed by atoms with Crippen molar-refractivity contribution >= 4 is 0 Å². The van der Waals surface area contributed by atoms with Gasteiger partial charge in [-0.15, -0.1) is 0 Å². The Morgan fingerprint density at radius 1 is 1.71 bits per heavy atom. The van der Waals surface area contributed by atoms with Gasteiger partial charge in [0.1, 0.15) is 18.4 Å². The number of ether oxygens (including phenoxy) is 2. The molecule has 8 heteroatoms. The van der Waals surface area contributed by atoms with Crippen molar-refractivity contribution in [3.05, 3.63) is 33.1 Å². The van der Waals surface area contributed by atoms with Gasteiger partial charge in [-0.2, -0.15) is 4.98 Å². The van der Waals surface area contributed by atoms with E-state index in [1.54, 1.807) is 10.8 Å². The topological polar surface area (TPSA) is 102 Å². The fourth-order valence-electron chi connectivity index (χ4n) is 2.12. The molecule has 0 aromatic carbocycles. The molecule has 0 saturated carbocycles. The zero-order valence-electron chi connectivity index (χ0n) is 8.76. The third-order valence-electron chi connectivity index (χ3n) is 2.88. The molecule has 1 aromatic heterocycles. The summed E-state index contributed by atoms with van der Waals surface area (Å²) in [4.78, 5) is 17.6. The molecule has 1 fully saturated rings. The summed E-state index contributed by atoms with van der Waals surface area (Å²) in [5.74, 6) is 0. The highest BCUT2D eigenvalue weighted by atomic mass is 16.6. The predicted molar refractivity (Wildman–Crippen MR) is 55.5 cm³/mol. The van der Waals surface area contributed by atoms with Gasteiger partial charge in [0.05, 0.1) is 6.54 Å². The first kappa shape index (κ1) is 10.1. The van der Waals surface area contributed by atoms with E-state index in [0.29, 0.717) is 6.42 Å². The number of aromatic nitrogens is 2. The average Bonchev–Trinajstić information content (AvgIpc) is 2.64. The molecular formula is C9H9N5O3. The lowest BCUT2D eigenvalue weighted by molar-refractivity contribution is 0.00750. The summed E-state index contributed by atoms with van der Waals surface area (Å²) in [5, 5.41) is 3.48. The third-order valence-corrected chi connectivity index (χ3v) is 2.88. The molecule has 88 valence electrons. The van der Waals surface area contributed by atoms with Crippen LogP contribution in [0.15, 0.2) is 22.2 Å². The minimum atomic E-state index is -0.343. The molecule has 0 radical (unpaired) electrons. The predicted octanol–water partition coefficient (Wildman–Crippen LogP) is 0.602. The Morgan fingerprint density at radius 3 is 3.41 bits per heavy atom. The van der Waals surface area contributed by atoms with Crippen LogP contribution in [-0.2, 0) is 4.74 Å². The van der Waals surface area contributed by atoms with E-state index >= 15 is 0 Å². The average molecular weight is 235 g/mol. The maximum absolute atomic E-state index is 11.1. The lowest BCUT2D eigenvalue weighted by atomic mass is 10.1. The fourth-order valence-corrected chi connectivity index (χ4v) is 2.12. The van der Waals surface area contributed by atoms with Crippen LogP contribution in [-0.4, -0.2) is 28.3 Å². The molecule has 3 atom stereocenters. The molecule has 2 aliphatic heterocycles. The van der Waals surface area contributed by atoms with Gasteiger partial charge in [-0.25, -0.2) is 0 Å². The van der Waals surface area contributed by atoms with E-state index in [4.69, 9.17) is 15.0 Å². The minimum Gasteiger partial charge on any atom is -0.458 e. The summed E-state index contributed by atoms with van der Waals surface area (Å²) >= 11 is 0. The van der Waals surface area contributed by atoms with Gasteiger partial charge in [-0.3, -0.25) is 9.36 Å². The highest BCUT2D eigenvalue weighted by Gasteiger charge is 2.42. The standard InChI is InChI=1S/C9H9N5O3/c10-13-11-4-6-5-3-8(16-6)14-2-1-7(15)12-9(14)17-5/h1-2,5-6,8H,3-4H2/t5-,6-,8-/m1/s1. The molecular weight excluding hydrogens is 226 g/mol. The lowest BCUT2D eigenvalue weighted by Gasteiger charge is -2.23. The van der Waals surface area contributed by atoms with Gasteiger partial charge in [0.25, 0.3) is 5.56 Å². The van der Waals surface area contributed by atoms with E-state index in [1.165, 1.54) is 6.07 Å². The zero-order chi connectivity index (χ0) is 11.8. The molecule has 17 heavy (non-hydrogen) atoms. The smallest absolute Gasteiger partial charge is 0.302 e. The van der Waals surface area contributed by atoms with Gasteiger partial charge in [-0.1, -0.05) is 5.11 Å². The van der Waals surface area contributed by atoms with Crippen molar-refractivity contribution < 1.29 is 9.47 Å². The van der Waals surface area contributed by atoms with Crippen molar-refractivity contribution in [2.24, 2.45) is 5.11 Å². The molecule has 0 amide bonds. The molecule has 0 unspecified atom stereocenters. The van der Waals surface area contributed by atoms with E-state index in [-0.39, 0.29) is 36.6 Å². The Bertz CT molecular complexity index is 550. The summed E-state index contributed by atoms with van der Waals surface area (Å²) in [5.41, 5.74) is 7.94. The Hall–Kier alpha value is -2.05. The first-order chi connectivity index (χ1) is 8.28. The highest BCUT2D eigenvalue weighted by molar-refractivity contribution is 5.07. The maximum atomic E-state index is 11.1. The maximum Gasteiger partial charge on any atom is 0.302 e. The molecule has 1 aromatic rings. The monoisotopic (exact) mass is 235 g/mol. The minimum absolute atomic E-state index is 0.198. The Labute approximate surface area is 95.4 Å². The van der Waals surface area contributed by atoms with E-state index in [9.17, 15) is 4.79 Å². The number of azide groups is 1. The summed E-state index contributed by atoms with van der Waals surface area (Å²) in [6.07, 6.45) is 1.58. The highest BCUT2D eigenvalue weighted by Crippen LogP contribution is 2.37. The van der Waals surface area contributed by atoms with Gasteiger partial charge < -0.3 is 9.47 Å². The van der Waals surface area contributed by atoms with Crippen molar-refractivity contribution in [2.45, 2.75) is 24.9 Å². The normalized spacial score (nSPS) is 29.1. The second kappa shape index (κ2) is 3.76. The van der Waals surface area contributed by atoms with Crippen LogP contribution in [0.1, 0.15) is 12.6 Å². The molecule has 1 saturated heterocycles. The summed E-state index contributed by atoms with van der Waals surface area (Å²) in [7, 11) is 0. The van der Waals surface area contributed by atoms with Crippen LogP contribution < -0.4 is 10.3 Å². The molecule has 0 N–H and O–H groups in total. The number of fused-ring (bicyclic) bond motifs is 4. The van der Waals surface area contributed by atoms with Crippen LogP contribution in [0.5, 0.6) is 6.01 Å². The van der Waals surface area contributed by atoms with Gasteiger partial charge in [0.15, 0.2) is 0 Å². The Kier molecular flexibility index (Phi) is 2.24. The van der Waals surface area contributed by atoms with Crippen LogP contribution in [0.3, 0.4) is 0 Å². The number of hydrogen-bond donors (Lipinski definition) is 0. The Morgan fingerprint density at radius 2 is 2.59 bits per heavy atom. The molecule has 0 spiro atoms. The zero-order valence-corrected chi connectivity index (χ0v) is 8.76. The first-order valence-electron chi connectivity index (χ1n) is 5.20. The largest absolute Gasteiger partial charge is 0.458 e. The van der Waals surface area contributed by atoms with E-state index in [1.807, 2.05) is 0 Å². The molecule has 8 nitrogen and oxygen atoms in total. The molecule has 2 bridgehead atoms. The van der Waals surface area contributed by atoms with Crippen LogP contribution in [0.2, 0.25) is 0 Å². The lowest BCUT2D eigenvalue weighted by Crippen LogP contribution is -2.32. The first-order valence-corrected chi connectivity index (χ1v) is 5.20. The second-order valence-corrected chi connectivity index (χ2v) is 3.89. The Balaban J connectivity index is 1.90. The van der Waals surface area contributed by atoms with Crippen LogP contribution in [0.4, 0.5) is 0 Å². The van der Waals surface area contributed by atoms with Gasteiger partial charge in [-0.05, 0) is 5.53 Å². The summed E-state index contributed by atoms with van der Waals surface area (Å²) < 4.78 is 12.9. The van der Waals surface area contributed by atoms with Crippen molar-refractivity contribution in [3.8, 4) is 6.01 Å². The van der Waals surface area contributed by atoms with Crippen LogP contribution in [0, 0.1) is 0 Å². The summed E-state index contributed by atoms with van der Waals surface area (Å²) in [6.45, 7) is 0.219. The van der Waals surface area contributed by atoms with Crippen molar-refractivity contribution in [3.63, 3.8) is 0 Å². The van der Waals surface area contributed by atoms with Gasteiger partial charge in [0, 0.05) is 23.6 Å². The third kappa shape index (κ3) is 1.63. The molecule has 2 aliphatic rings. The van der Waals surface area contributed by atoms with Crippen LogP contribution in [0.25, 0.3) is 10.4 Å². The summed E-state index contributed by atoms with van der Waals surface area (Å²) in [6, 6.07) is 1.62. The van der Waals surface area contributed by atoms with Crippen molar-refractivity contribution in [1.82, 2.24) is 9.55 Å².